The number of allylic oxidation sites excluding steroid dienone is 2. The van der Waals surface area contributed by atoms with Gasteiger partial charge in [0, 0.05) is 19.0 Å². The lowest BCUT2D eigenvalue weighted by Crippen LogP contribution is -2.32. The molecule has 0 radical (unpaired) electrons. The van der Waals surface area contributed by atoms with Crippen molar-refractivity contribution in [3.63, 3.8) is 0 Å². The molecule has 1 fully saturated rings. The van der Waals surface area contributed by atoms with Crippen molar-refractivity contribution in [2.24, 2.45) is 11.8 Å². The minimum atomic E-state index is -0.563. The van der Waals surface area contributed by atoms with Crippen LogP contribution in [0.15, 0.2) is 36.4 Å². The van der Waals surface area contributed by atoms with E-state index in [0.29, 0.717) is 19.3 Å². The van der Waals surface area contributed by atoms with E-state index in [2.05, 4.69) is 5.32 Å². The van der Waals surface area contributed by atoms with Gasteiger partial charge in [-0.05, 0) is 25.3 Å². The van der Waals surface area contributed by atoms with Crippen molar-refractivity contribution in [1.29, 1.82) is 0 Å². The molecular weight excluding hydrogens is 338 g/mol. The molecule has 3 amide bonds. The first-order chi connectivity index (χ1) is 12.5. The zero-order valence-electron chi connectivity index (χ0n) is 14.1. The van der Waals surface area contributed by atoms with Gasteiger partial charge < -0.3 is 5.32 Å². The van der Waals surface area contributed by atoms with Gasteiger partial charge in [0.15, 0.2) is 0 Å². The van der Waals surface area contributed by atoms with Crippen LogP contribution in [-0.4, -0.2) is 34.1 Å². The van der Waals surface area contributed by atoms with Crippen molar-refractivity contribution in [3.05, 3.63) is 46.5 Å². The smallest absolute Gasteiger partial charge is 0.292 e. The number of amides is 3. The highest BCUT2D eigenvalue weighted by molar-refractivity contribution is 6.05. The van der Waals surface area contributed by atoms with Crippen LogP contribution in [0.25, 0.3) is 0 Å². The Morgan fingerprint density at radius 1 is 1.15 bits per heavy atom. The summed E-state index contributed by atoms with van der Waals surface area (Å²) in [5.41, 5.74) is -0.0461. The summed E-state index contributed by atoms with van der Waals surface area (Å²) < 4.78 is 0. The third-order valence-corrected chi connectivity index (χ3v) is 4.76. The van der Waals surface area contributed by atoms with E-state index < -0.39 is 10.8 Å². The van der Waals surface area contributed by atoms with Gasteiger partial charge in [0.1, 0.15) is 5.69 Å². The van der Waals surface area contributed by atoms with E-state index in [0.717, 1.165) is 0 Å². The molecule has 0 unspecified atom stereocenters. The van der Waals surface area contributed by atoms with Crippen LogP contribution in [-0.2, 0) is 14.4 Å². The van der Waals surface area contributed by atoms with Gasteiger partial charge in [-0.1, -0.05) is 24.3 Å². The van der Waals surface area contributed by atoms with Crippen molar-refractivity contribution >= 4 is 29.1 Å². The minimum absolute atomic E-state index is 0.0662. The number of fused-ring (bicyclic) bond motifs is 1. The zero-order chi connectivity index (χ0) is 18.7. The van der Waals surface area contributed by atoms with Crippen molar-refractivity contribution in [2.75, 3.05) is 11.9 Å². The molecule has 26 heavy (non-hydrogen) atoms. The lowest BCUT2D eigenvalue weighted by atomic mass is 9.85. The van der Waals surface area contributed by atoms with E-state index in [-0.39, 0.29) is 48.0 Å². The molecule has 136 valence electrons. The fraction of sp³-hybridized carbons (Fsp3) is 0.389. The van der Waals surface area contributed by atoms with Gasteiger partial charge in [0.25, 0.3) is 5.69 Å². The van der Waals surface area contributed by atoms with E-state index in [1.807, 2.05) is 12.2 Å². The molecule has 2 atom stereocenters. The van der Waals surface area contributed by atoms with E-state index in [4.69, 9.17) is 0 Å². The van der Waals surface area contributed by atoms with E-state index in [9.17, 15) is 24.5 Å². The minimum Gasteiger partial charge on any atom is -0.320 e. The number of benzene rings is 1. The summed E-state index contributed by atoms with van der Waals surface area (Å²) in [6, 6.07) is 5.89. The highest BCUT2D eigenvalue weighted by Gasteiger charge is 2.46. The number of imide groups is 1. The van der Waals surface area contributed by atoms with Gasteiger partial charge in [-0.25, -0.2) is 0 Å². The monoisotopic (exact) mass is 357 g/mol. The molecule has 3 rings (SSSR count). The molecule has 1 aliphatic heterocycles. The average molecular weight is 357 g/mol. The standard InChI is InChI=1S/C18H19N3O5/c22-16(19-14-8-3-4-9-15(14)21(25)26)10-5-11-20-17(23)12-6-1-2-7-13(12)18(20)24/h1-4,8-9,12-13H,5-7,10-11H2,(H,19,22)/t12-,13+. The molecule has 2 aliphatic rings. The number of hydrogen-bond acceptors (Lipinski definition) is 5. The van der Waals surface area contributed by atoms with Crippen molar-refractivity contribution in [2.45, 2.75) is 25.7 Å². The molecule has 1 aromatic rings. The Morgan fingerprint density at radius 2 is 1.77 bits per heavy atom. The van der Waals surface area contributed by atoms with Crippen molar-refractivity contribution in [3.8, 4) is 0 Å². The maximum absolute atomic E-state index is 12.3. The molecule has 1 saturated heterocycles. The molecule has 1 N–H and O–H groups in total. The Hall–Kier alpha value is -3.03. The fourth-order valence-electron chi connectivity index (χ4n) is 3.44. The van der Waals surface area contributed by atoms with Crippen molar-refractivity contribution in [1.82, 2.24) is 4.90 Å². The molecule has 0 saturated carbocycles. The summed E-state index contributed by atoms with van der Waals surface area (Å²) >= 11 is 0. The predicted octanol–water partition coefficient (Wildman–Crippen LogP) is 2.26. The lowest BCUT2D eigenvalue weighted by Gasteiger charge is -2.14. The van der Waals surface area contributed by atoms with Crippen LogP contribution in [0.4, 0.5) is 11.4 Å². The molecule has 1 aromatic carbocycles. The number of hydrogen-bond donors (Lipinski definition) is 1. The maximum atomic E-state index is 12.3. The fourth-order valence-corrected chi connectivity index (χ4v) is 3.44. The molecular formula is C18H19N3O5. The van der Waals surface area contributed by atoms with Crippen LogP contribution in [0, 0.1) is 22.0 Å². The zero-order valence-corrected chi connectivity index (χ0v) is 14.1. The number of para-hydroxylation sites is 2. The summed E-state index contributed by atoms with van der Waals surface area (Å²) in [6.07, 6.45) is 5.41. The van der Waals surface area contributed by atoms with E-state index in [1.54, 1.807) is 6.07 Å². The van der Waals surface area contributed by atoms with Crippen LogP contribution in [0.2, 0.25) is 0 Å². The number of nitro benzene ring substituents is 1. The Labute approximate surface area is 150 Å². The number of carbonyl (C=O) groups excluding carboxylic acids is 3. The maximum Gasteiger partial charge on any atom is 0.292 e. The quantitative estimate of drug-likeness (QED) is 0.363. The van der Waals surface area contributed by atoms with Gasteiger partial charge in [-0.15, -0.1) is 0 Å². The predicted molar refractivity (Wildman–Crippen MR) is 93.0 cm³/mol. The van der Waals surface area contributed by atoms with Gasteiger partial charge in [0.05, 0.1) is 16.8 Å². The topological polar surface area (TPSA) is 110 Å². The second kappa shape index (κ2) is 7.47. The third kappa shape index (κ3) is 3.49. The van der Waals surface area contributed by atoms with E-state index in [1.165, 1.54) is 23.1 Å². The number of rotatable bonds is 6. The highest BCUT2D eigenvalue weighted by atomic mass is 16.6. The Balaban J connectivity index is 1.52. The average Bonchev–Trinajstić information content (AvgIpc) is 2.87. The first-order valence-electron chi connectivity index (χ1n) is 8.52. The molecule has 0 bridgehead atoms. The van der Waals surface area contributed by atoms with Crippen LogP contribution in [0.1, 0.15) is 25.7 Å². The first kappa shape index (κ1) is 17.8. The van der Waals surface area contributed by atoms with Crippen LogP contribution in [0.3, 0.4) is 0 Å². The normalized spacial score (nSPS) is 21.6. The Bertz CT molecular complexity index is 763. The summed E-state index contributed by atoms with van der Waals surface area (Å²) in [4.78, 5) is 48.3. The summed E-state index contributed by atoms with van der Waals surface area (Å²) in [7, 11) is 0. The third-order valence-electron chi connectivity index (χ3n) is 4.76. The summed E-state index contributed by atoms with van der Waals surface area (Å²) in [6.45, 7) is 0.189. The van der Waals surface area contributed by atoms with Gasteiger partial charge in [-0.3, -0.25) is 29.4 Å². The number of nitrogens with zero attached hydrogens (tertiary/aromatic N) is 2. The second-order valence-electron chi connectivity index (χ2n) is 6.41. The number of anilines is 1. The van der Waals surface area contributed by atoms with E-state index >= 15 is 0 Å². The SMILES string of the molecule is O=C(CCCN1C(=O)[C@H]2CC=CC[C@H]2C1=O)Nc1ccccc1[N+](=O)[O-]. The second-order valence-corrected chi connectivity index (χ2v) is 6.41. The largest absolute Gasteiger partial charge is 0.320 e. The summed E-state index contributed by atoms with van der Waals surface area (Å²) in [5, 5.41) is 13.5. The number of nitrogens with one attached hydrogen (secondary N) is 1. The van der Waals surface area contributed by atoms with Crippen LogP contribution in [0.5, 0.6) is 0 Å². The highest BCUT2D eigenvalue weighted by Crippen LogP contribution is 2.35. The number of carbonyl (C=O) groups is 3. The van der Waals surface area contributed by atoms with Gasteiger partial charge in [0.2, 0.25) is 17.7 Å². The molecule has 8 nitrogen and oxygen atoms in total. The molecule has 8 heteroatoms. The Kier molecular flexibility index (Phi) is 5.11. The van der Waals surface area contributed by atoms with Crippen LogP contribution >= 0.6 is 0 Å². The molecule has 1 aliphatic carbocycles. The van der Waals surface area contributed by atoms with Gasteiger partial charge >= 0.3 is 0 Å². The first-order valence-corrected chi connectivity index (χ1v) is 8.52. The Morgan fingerprint density at radius 3 is 2.38 bits per heavy atom. The molecule has 1 heterocycles. The number of nitro groups is 1. The number of likely N-dealkylation sites (tertiary alicyclic amines) is 1. The van der Waals surface area contributed by atoms with Crippen molar-refractivity contribution < 1.29 is 19.3 Å². The molecule has 0 aromatic heterocycles. The van der Waals surface area contributed by atoms with Crippen LogP contribution < -0.4 is 5.32 Å². The van der Waals surface area contributed by atoms with Gasteiger partial charge in [-0.2, -0.15) is 0 Å². The summed E-state index contributed by atoms with van der Waals surface area (Å²) in [5.74, 6) is -1.26. The molecule has 0 spiro atoms. The lowest BCUT2D eigenvalue weighted by molar-refractivity contribution is -0.383.